The number of nitrogens with zero attached hydrogens (tertiary/aromatic N) is 1. The molecule has 17 heavy (non-hydrogen) atoms. The lowest BCUT2D eigenvalue weighted by molar-refractivity contribution is -0.179. The van der Waals surface area contributed by atoms with E-state index in [0.29, 0.717) is 10.5 Å². The fourth-order valence-electron chi connectivity index (χ4n) is 1.61. The Hall–Kier alpha value is -2.04. The maximum absolute atomic E-state index is 12.3. The van der Waals surface area contributed by atoms with E-state index in [1.165, 1.54) is 6.08 Å². The lowest BCUT2D eigenvalue weighted by Gasteiger charge is -2.26. The normalized spacial score (nSPS) is 14.8. The smallest absolute Gasteiger partial charge is 0.280 e. The molecule has 0 radical (unpaired) electrons. The summed E-state index contributed by atoms with van der Waals surface area (Å²) in [6.45, 7) is 3.53. The van der Waals surface area contributed by atoms with Crippen molar-refractivity contribution in [3.8, 4) is 0 Å². The van der Waals surface area contributed by atoms with Crippen LogP contribution in [0.25, 0.3) is 11.8 Å². The minimum absolute atomic E-state index is 0.0328. The average Bonchev–Trinajstić information content (AvgIpc) is 2.28. The number of alkyl halides is 3. The standard InChI is InChI=1S/C12H8F3NO/c1-8-10-5-3-2-4-9(10)6-7-16(8)11(17)12(13,14)15/h2-7H,1H2. The zero-order chi connectivity index (χ0) is 12.6. The van der Waals surface area contributed by atoms with Gasteiger partial charge in [-0.15, -0.1) is 0 Å². The van der Waals surface area contributed by atoms with E-state index in [4.69, 9.17) is 0 Å². The van der Waals surface area contributed by atoms with E-state index in [9.17, 15) is 18.0 Å². The maximum Gasteiger partial charge on any atom is 0.472 e. The van der Waals surface area contributed by atoms with Crippen LogP contribution >= 0.6 is 0 Å². The third-order valence-corrected chi connectivity index (χ3v) is 2.43. The minimum atomic E-state index is -4.90. The second kappa shape index (κ2) is 3.76. The van der Waals surface area contributed by atoms with Gasteiger partial charge in [-0.3, -0.25) is 9.69 Å². The SMILES string of the molecule is C=C1c2ccccc2C=CN1C(=O)C(F)(F)F. The van der Waals surface area contributed by atoms with Crippen LogP contribution in [0.3, 0.4) is 0 Å². The molecule has 0 N–H and O–H groups in total. The van der Waals surface area contributed by atoms with Gasteiger partial charge in [0.2, 0.25) is 0 Å². The first-order chi connectivity index (χ1) is 7.91. The van der Waals surface area contributed by atoms with Gasteiger partial charge in [0.1, 0.15) is 0 Å². The Labute approximate surface area is 95.7 Å². The first-order valence-corrected chi connectivity index (χ1v) is 4.78. The van der Waals surface area contributed by atoms with Gasteiger partial charge in [0.25, 0.3) is 0 Å². The van der Waals surface area contributed by atoms with Gasteiger partial charge < -0.3 is 0 Å². The number of carbonyl (C=O) groups excluding carboxylic acids is 1. The third kappa shape index (κ3) is 1.95. The van der Waals surface area contributed by atoms with Crippen molar-refractivity contribution < 1.29 is 18.0 Å². The third-order valence-electron chi connectivity index (χ3n) is 2.43. The first-order valence-electron chi connectivity index (χ1n) is 4.78. The molecule has 2 nitrogen and oxygen atoms in total. The number of benzene rings is 1. The second-order valence-corrected chi connectivity index (χ2v) is 3.52. The summed E-state index contributed by atoms with van der Waals surface area (Å²) in [6, 6.07) is 6.81. The number of hydrogen-bond acceptors (Lipinski definition) is 1. The van der Waals surface area contributed by atoms with Gasteiger partial charge in [0.05, 0.1) is 0 Å². The lowest BCUT2D eigenvalue weighted by Crippen LogP contribution is -2.37. The molecular weight excluding hydrogens is 231 g/mol. The van der Waals surface area contributed by atoms with Crippen LogP contribution in [0.5, 0.6) is 0 Å². The summed E-state index contributed by atoms with van der Waals surface area (Å²) in [5.74, 6) is -1.94. The highest BCUT2D eigenvalue weighted by atomic mass is 19.4. The average molecular weight is 239 g/mol. The van der Waals surface area contributed by atoms with Crippen molar-refractivity contribution in [2.45, 2.75) is 6.18 Å². The van der Waals surface area contributed by atoms with E-state index >= 15 is 0 Å². The highest BCUT2D eigenvalue weighted by molar-refractivity contribution is 5.94. The summed E-state index contributed by atoms with van der Waals surface area (Å²) < 4.78 is 37.0. The zero-order valence-corrected chi connectivity index (χ0v) is 8.66. The Morgan fingerprint density at radius 3 is 2.53 bits per heavy atom. The predicted octanol–water partition coefficient (Wildman–Crippen LogP) is 3.03. The molecule has 1 aromatic carbocycles. The molecule has 2 rings (SSSR count). The summed E-state index contributed by atoms with van der Waals surface area (Å²) in [5, 5.41) is 0. The number of carbonyl (C=O) groups is 1. The maximum atomic E-state index is 12.3. The number of amides is 1. The Morgan fingerprint density at radius 1 is 1.24 bits per heavy atom. The fraction of sp³-hybridized carbons (Fsp3) is 0.0833. The van der Waals surface area contributed by atoms with Crippen LogP contribution in [0.1, 0.15) is 11.1 Å². The highest BCUT2D eigenvalue weighted by Crippen LogP contribution is 2.31. The number of halogens is 3. The van der Waals surface area contributed by atoms with Crippen molar-refractivity contribution >= 4 is 17.7 Å². The van der Waals surface area contributed by atoms with Gasteiger partial charge in [-0.1, -0.05) is 30.8 Å². The molecular formula is C12H8F3NO. The lowest BCUT2D eigenvalue weighted by atomic mass is 10.0. The molecule has 5 heteroatoms. The Morgan fingerprint density at radius 2 is 1.88 bits per heavy atom. The van der Waals surface area contributed by atoms with Crippen LogP contribution in [0.4, 0.5) is 13.2 Å². The van der Waals surface area contributed by atoms with Crippen molar-refractivity contribution in [2.75, 3.05) is 0 Å². The molecule has 1 aliphatic heterocycles. The number of rotatable bonds is 0. The van der Waals surface area contributed by atoms with Crippen LogP contribution in [-0.4, -0.2) is 17.0 Å². The van der Waals surface area contributed by atoms with Gasteiger partial charge in [-0.2, -0.15) is 13.2 Å². The molecule has 0 fully saturated rings. The summed E-state index contributed by atoms with van der Waals surface area (Å²) in [4.78, 5) is 11.6. The molecule has 0 spiro atoms. The fourth-order valence-corrected chi connectivity index (χ4v) is 1.61. The molecule has 1 aromatic rings. The molecule has 1 heterocycles. The van der Waals surface area contributed by atoms with Crippen molar-refractivity contribution in [3.63, 3.8) is 0 Å². The second-order valence-electron chi connectivity index (χ2n) is 3.52. The Balaban J connectivity index is 2.39. The van der Waals surface area contributed by atoms with Gasteiger partial charge >= 0.3 is 12.1 Å². The number of fused-ring (bicyclic) bond motifs is 1. The van der Waals surface area contributed by atoms with Crippen molar-refractivity contribution in [3.05, 3.63) is 48.2 Å². The minimum Gasteiger partial charge on any atom is -0.280 e. The predicted molar refractivity (Wildman–Crippen MR) is 57.4 cm³/mol. The molecule has 0 saturated carbocycles. The van der Waals surface area contributed by atoms with Crippen LogP contribution < -0.4 is 0 Å². The summed E-state index contributed by atoms with van der Waals surface area (Å²) in [5.41, 5.74) is 1.29. The molecule has 88 valence electrons. The Kier molecular flexibility index (Phi) is 2.53. The molecule has 0 aromatic heterocycles. The van der Waals surface area contributed by atoms with E-state index in [2.05, 4.69) is 6.58 Å². The van der Waals surface area contributed by atoms with Crippen molar-refractivity contribution in [1.29, 1.82) is 0 Å². The Bertz CT molecular complexity index is 517. The van der Waals surface area contributed by atoms with E-state index in [-0.39, 0.29) is 5.70 Å². The molecule has 0 unspecified atom stereocenters. The van der Waals surface area contributed by atoms with Crippen molar-refractivity contribution in [2.24, 2.45) is 0 Å². The molecule has 0 saturated heterocycles. The van der Waals surface area contributed by atoms with E-state index in [1.807, 2.05) is 0 Å². The topological polar surface area (TPSA) is 20.3 Å². The van der Waals surface area contributed by atoms with Crippen LogP contribution in [-0.2, 0) is 4.79 Å². The summed E-state index contributed by atoms with van der Waals surface area (Å²) in [6.07, 6.45) is -2.37. The highest BCUT2D eigenvalue weighted by Gasteiger charge is 2.43. The van der Waals surface area contributed by atoms with Crippen LogP contribution in [0, 0.1) is 0 Å². The van der Waals surface area contributed by atoms with E-state index < -0.39 is 12.1 Å². The largest absolute Gasteiger partial charge is 0.472 e. The monoisotopic (exact) mass is 239 g/mol. The number of hydrogen-bond donors (Lipinski definition) is 0. The zero-order valence-electron chi connectivity index (χ0n) is 8.66. The quantitative estimate of drug-likeness (QED) is 0.681. The van der Waals surface area contributed by atoms with Gasteiger partial charge in [0.15, 0.2) is 0 Å². The van der Waals surface area contributed by atoms with Gasteiger partial charge in [-0.05, 0) is 11.6 Å². The summed E-state index contributed by atoms with van der Waals surface area (Å²) >= 11 is 0. The molecule has 1 amide bonds. The van der Waals surface area contributed by atoms with E-state index in [1.54, 1.807) is 24.3 Å². The van der Waals surface area contributed by atoms with Gasteiger partial charge in [0, 0.05) is 17.5 Å². The molecule has 1 aliphatic rings. The van der Waals surface area contributed by atoms with Crippen molar-refractivity contribution in [1.82, 2.24) is 4.90 Å². The molecule has 0 bridgehead atoms. The van der Waals surface area contributed by atoms with Crippen LogP contribution in [0.2, 0.25) is 0 Å². The van der Waals surface area contributed by atoms with Gasteiger partial charge in [-0.25, -0.2) is 0 Å². The summed E-state index contributed by atoms with van der Waals surface area (Å²) in [7, 11) is 0. The van der Waals surface area contributed by atoms with Crippen LogP contribution in [0.15, 0.2) is 37.0 Å². The molecule has 0 aliphatic carbocycles. The van der Waals surface area contributed by atoms with E-state index in [0.717, 1.165) is 11.8 Å². The molecule has 0 atom stereocenters. The first kappa shape index (κ1) is 11.4.